The molecule has 0 aliphatic carbocycles. The van der Waals surface area contributed by atoms with Gasteiger partial charge in [0.25, 0.3) is 0 Å². The Morgan fingerprint density at radius 1 is 1.25 bits per heavy atom. The van der Waals surface area contributed by atoms with Gasteiger partial charge in [-0.3, -0.25) is 0 Å². The van der Waals surface area contributed by atoms with Crippen molar-refractivity contribution in [3.8, 4) is 0 Å². The van der Waals surface area contributed by atoms with E-state index in [1.54, 1.807) is 4.90 Å². The van der Waals surface area contributed by atoms with Gasteiger partial charge in [-0.25, -0.2) is 4.79 Å². The van der Waals surface area contributed by atoms with Gasteiger partial charge in [-0.05, 0) is 45.3 Å². The molecule has 0 fully saturated rings. The van der Waals surface area contributed by atoms with Gasteiger partial charge in [-0.15, -0.1) is 0 Å². The van der Waals surface area contributed by atoms with Crippen LogP contribution in [0, 0.1) is 0 Å². The maximum absolute atomic E-state index is 12.1. The van der Waals surface area contributed by atoms with Crippen molar-refractivity contribution in [2.75, 3.05) is 6.54 Å². The molecule has 0 aromatic heterocycles. The third-order valence-corrected chi connectivity index (χ3v) is 3.35. The minimum atomic E-state index is -0.444. The zero-order valence-electron chi connectivity index (χ0n) is 12.7. The van der Waals surface area contributed by atoms with E-state index in [-0.39, 0.29) is 12.1 Å². The van der Waals surface area contributed by atoms with Gasteiger partial charge in [0.15, 0.2) is 0 Å². The first-order valence-electron chi connectivity index (χ1n) is 7.11. The lowest BCUT2D eigenvalue weighted by atomic mass is 9.95. The standard InChI is InChI=1S/C17H23NO2/c1-13-12-15(14-8-6-5-7-9-14)10-11-18(13)16(19)20-17(2,3)4/h5-10,13H,11-12H2,1-4H3. The van der Waals surface area contributed by atoms with Crippen molar-refractivity contribution < 1.29 is 9.53 Å². The quantitative estimate of drug-likeness (QED) is 0.771. The van der Waals surface area contributed by atoms with E-state index in [0.29, 0.717) is 6.54 Å². The molecule has 3 heteroatoms. The largest absolute Gasteiger partial charge is 0.444 e. The Morgan fingerprint density at radius 2 is 1.90 bits per heavy atom. The summed E-state index contributed by atoms with van der Waals surface area (Å²) >= 11 is 0. The zero-order chi connectivity index (χ0) is 14.8. The number of hydrogen-bond acceptors (Lipinski definition) is 2. The fourth-order valence-electron chi connectivity index (χ4n) is 2.36. The molecule has 3 nitrogen and oxygen atoms in total. The van der Waals surface area contributed by atoms with Gasteiger partial charge in [-0.1, -0.05) is 36.4 Å². The fraction of sp³-hybridized carbons (Fsp3) is 0.471. The van der Waals surface area contributed by atoms with Crippen molar-refractivity contribution in [2.24, 2.45) is 0 Å². The number of rotatable bonds is 1. The summed E-state index contributed by atoms with van der Waals surface area (Å²) in [7, 11) is 0. The minimum Gasteiger partial charge on any atom is -0.444 e. The van der Waals surface area contributed by atoms with Crippen LogP contribution < -0.4 is 0 Å². The van der Waals surface area contributed by atoms with Gasteiger partial charge in [0.2, 0.25) is 0 Å². The summed E-state index contributed by atoms with van der Waals surface area (Å²) < 4.78 is 5.45. The number of ether oxygens (including phenoxy) is 1. The lowest BCUT2D eigenvalue weighted by molar-refractivity contribution is 0.0199. The van der Waals surface area contributed by atoms with Crippen molar-refractivity contribution in [1.29, 1.82) is 0 Å². The summed E-state index contributed by atoms with van der Waals surface area (Å²) in [5.41, 5.74) is 2.10. The Morgan fingerprint density at radius 3 is 2.45 bits per heavy atom. The second kappa shape index (κ2) is 5.70. The van der Waals surface area contributed by atoms with Crippen LogP contribution in [0.1, 0.15) is 39.7 Å². The summed E-state index contributed by atoms with van der Waals surface area (Å²) in [5, 5.41) is 0. The second-order valence-electron chi connectivity index (χ2n) is 6.28. The van der Waals surface area contributed by atoms with Crippen molar-refractivity contribution in [1.82, 2.24) is 4.90 Å². The summed E-state index contributed by atoms with van der Waals surface area (Å²) in [6.45, 7) is 8.36. The van der Waals surface area contributed by atoms with Crippen LogP contribution in [-0.2, 0) is 4.74 Å². The molecule has 1 heterocycles. The molecule has 20 heavy (non-hydrogen) atoms. The van der Waals surface area contributed by atoms with Crippen LogP contribution in [0.2, 0.25) is 0 Å². The van der Waals surface area contributed by atoms with Gasteiger partial charge in [0, 0.05) is 12.6 Å². The Kier molecular flexibility index (Phi) is 4.17. The molecule has 0 N–H and O–H groups in total. The van der Waals surface area contributed by atoms with E-state index in [0.717, 1.165) is 6.42 Å². The molecule has 1 atom stereocenters. The van der Waals surface area contributed by atoms with Crippen LogP contribution in [0.4, 0.5) is 4.79 Å². The Bertz CT molecular complexity index is 499. The summed E-state index contributed by atoms with van der Waals surface area (Å²) in [5.74, 6) is 0. The van der Waals surface area contributed by atoms with Gasteiger partial charge in [-0.2, -0.15) is 0 Å². The lowest BCUT2D eigenvalue weighted by Crippen LogP contribution is -2.44. The normalized spacial score (nSPS) is 19.5. The summed E-state index contributed by atoms with van der Waals surface area (Å²) in [4.78, 5) is 13.9. The average molecular weight is 273 g/mol. The zero-order valence-corrected chi connectivity index (χ0v) is 12.7. The van der Waals surface area contributed by atoms with Crippen LogP contribution >= 0.6 is 0 Å². The van der Waals surface area contributed by atoms with Crippen LogP contribution in [0.5, 0.6) is 0 Å². The highest BCUT2D eigenvalue weighted by Gasteiger charge is 2.28. The Hall–Kier alpha value is -1.77. The molecule has 0 bridgehead atoms. The highest BCUT2D eigenvalue weighted by molar-refractivity contribution is 5.73. The van der Waals surface area contributed by atoms with Crippen LogP contribution in [0.25, 0.3) is 5.57 Å². The Balaban J connectivity index is 2.08. The van der Waals surface area contributed by atoms with Crippen LogP contribution in [-0.4, -0.2) is 29.2 Å². The highest BCUT2D eigenvalue weighted by atomic mass is 16.6. The molecule has 1 aliphatic rings. The van der Waals surface area contributed by atoms with E-state index in [1.807, 2.05) is 39.0 Å². The van der Waals surface area contributed by atoms with Crippen molar-refractivity contribution in [3.63, 3.8) is 0 Å². The first-order chi connectivity index (χ1) is 9.37. The molecule has 2 rings (SSSR count). The smallest absolute Gasteiger partial charge is 0.410 e. The van der Waals surface area contributed by atoms with E-state index >= 15 is 0 Å². The first kappa shape index (κ1) is 14.6. The summed E-state index contributed by atoms with van der Waals surface area (Å²) in [6.07, 6.45) is 2.76. The number of benzene rings is 1. The monoisotopic (exact) mass is 273 g/mol. The maximum Gasteiger partial charge on any atom is 0.410 e. The molecule has 0 radical (unpaired) electrons. The third kappa shape index (κ3) is 3.62. The topological polar surface area (TPSA) is 29.5 Å². The first-order valence-corrected chi connectivity index (χ1v) is 7.11. The van der Waals surface area contributed by atoms with Crippen molar-refractivity contribution in [2.45, 2.75) is 45.8 Å². The molecule has 1 amide bonds. The average Bonchev–Trinajstić information content (AvgIpc) is 2.37. The van der Waals surface area contributed by atoms with E-state index in [4.69, 9.17) is 4.74 Å². The molecule has 108 valence electrons. The van der Waals surface area contributed by atoms with Crippen molar-refractivity contribution in [3.05, 3.63) is 42.0 Å². The van der Waals surface area contributed by atoms with Gasteiger partial charge in [0.1, 0.15) is 5.60 Å². The number of amides is 1. The van der Waals surface area contributed by atoms with Gasteiger partial charge >= 0.3 is 6.09 Å². The van der Waals surface area contributed by atoms with E-state index < -0.39 is 5.60 Å². The molecular formula is C17H23NO2. The maximum atomic E-state index is 12.1. The SMILES string of the molecule is CC1CC(c2ccccc2)=CCN1C(=O)OC(C)(C)C. The minimum absolute atomic E-state index is 0.157. The van der Waals surface area contributed by atoms with Gasteiger partial charge in [0.05, 0.1) is 0 Å². The predicted molar refractivity (Wildman–Crippen MR) is 81.4 cm³/mol. The number of carbonyl (C=O) groups excluding carboxylic acids is 1. The van der Waals surface area contributed by atoms with Crippen LogP contribution in [0.3, 0.4) is 0 Å². The molecule has 1 aromatic rings. The predicted octanol–water partition coefficient (Wildman–Crippen LogP) is 4.10. The molecule has 1 aliphatic heterocycles. The number of carbonyl (C=O) groups is 1. The van der Waals surface area contributed by atoms with Gasteiger partial charge < -0.3 is 9.64 Å². The molecular weight excluding hydrogens is 250 g/mol. The third-order valence-electron chi connectivity index (χ3n) is 3.35. The Labute approximate surface area is 121 Å². The van der Waals surface area contributed by atoms with E-state index in [9.17, 15) is 4.79 Å². The number of nitrogens with zero attached hydrogens (tertiary/aromatic N) is 1. The summed E-state index contributed by atoms with van der Waals surface area (Å²) in [6, 6.07) is 10.5. The number of hydrogen-bond donors (Lipinski definition) is 0. The molecule has 1 unspecified atom stereocenters. The fourth-order valence-corrected chi connectivity index (χ4v) is 2.36. The molecule has 0 spiro atoms. The molecule has 0 saturated heterocycles. The molecule has 1 aromatic carbocycles. The van der Waals surface area contributed by atoms with E-state index in [1.165, 1.54) is 11.1 Å². The lowest BCUT2D eigenvalue weighted by Gasteiger charge is -2.34. The highest BCUT2D eigenvalue weighted by Crippen LogP contribution is 2.27. The van der Waals surface area contributed by atoms with Crippen LogP contribution in [0.15, 0.2) is 36.4 Å². The molecule has 0 saturated carbocycles. The van der Waals surface area contributed by atoms with E-state index in [2.05, 4.69) is 25.1 Å². The second-order valence-corrected chi connectivity index (χ2v) is 6.28. The van der Waals surface area contributed by atoms with Crippen molar-refractivity contribution >= 4 is 11.7 Å².